The van der Waals surface area contributed by atoms with Crippen LogP contribution in [0, 0.1) is 0 Å². The van der Waals surface area contributed by atoms with Crippen molar-refractivity contribution in [3.8, 4) is 0 Å². The molecule has 22 heavy (non-hydrogen) atoms. The zero-order chi connectivity index (χ0) is 15.4. The molecule has 0 aliphatic carbocycles. The first-order valence-corrected chi connectivity index (χ1v) is 8.22. The Labute approximate surface area is 132 Å². The van der Waals surface area contributed by atoms with E-state index in [2.05, 4.69) is 29.2 Å². The molecule has 1 aromatic carbocycles. The molecule has 2 aliphatic rings. The smallest absolute Gasteiger partial charge is 0.251 e. The van der Waals surface area contributed by atoms with Crippen LogP contribution in [0.2, 0.25) is 0 Å². The van der Waals surface area contributed by atoms with Crippen molar-refractivity contribution < 1.29 is 9.53 Å². The fraction of sp³-hybridized carbons (Fsp3) is 0.588. The Balaban J connectivity index is 1.57. The molecule has 120 valence electrons. The number of amides is 1. The Morgan fingerprint density at radius 2 is 1.95 bits per heavy atom. The van der Waals surface area contributed by atoms with Crippen molar-refractivity contribution in [1.29, 1.82) is 0 Å². The van der Waals surface area contributed by atoms with Crippen molar-refractivity contribution in [3.63, 3.8) is 0 Å². The van der Waals surface area contributed by atoms with Crippen LogP contribution in [0.4, 0.5) is 5.69 Å². The summed E-state index contributed by atoms with van der Waals surface area (Å²) in [4.78, 5) is 16.9. The van der Waals surface area contributed by atoms with Crippen LogP contribution in [-0.2, 0) is 9.53 Å². The van der Waals surface area contributed by atoms with E-state index in [-0.39, 0.29) is 18.1 Å². The number of carbonyl (C=O) groups excluding carboxylic acids is 1. The van der Waals surface area contributed by atoms with E-state index in [1.165, 1.54) is 5.69 Å². The Morgan fingerprint density at radius 1 is 1.14 bits per heavy atom. The molecule has 0 aromatic heterocycles. The lowest BCUT2D eigenvalue weighted by Gasteiger charge is -2.25. The third-order valence-electron chi connectivity index (χ3n) is 4.57. The quantitative estimate of drug-likeness (QED) is 0.912. The summed E-state index contributed by atoms with van der Waals surface area (Å²) in [6.45, 7) is 3.95. The molecule has 0 spiro atoms. The minimum absolute atomic E-state index is 0.0572. The highest BCUT2D eigenvalue weighted by atomic mass is 16.5. The molecule has 0 saturated carbocycles. The molecule has 5 heteroatoms. The molecule has 2 atom stereocenters. The molecule has 0 bridgehead atoms. The van der Waals surface area contributed by atoms with Gasteiger partial charge in [-0.15, -0.1) is 0 Å². The first kappa shape index (κ1) is 15.3. The number of nitrogens with two attached hydrogens (primary N) is 1. The van der Waals surface area contributed by atoms with E-state index in [9.17, 15) is 4.79 Å². The minimum atomic E-state index is -0.281. The minimum Gasteiger partial charge on any atom is -0.370 e. The number of anilines is 1. The van der Waals surface area contributed by atoms with Gasteiger partial charge in [0.2, 0.25) is 0 Å². The number of para-hydroxylation sites is 1. The van der Waals surface area contributed by atoms with E-state index in [1.54, 1.807) is 0 Å². The average molecular weight is 303 g/mol. The van der Waals surface area contributed by atoms with Gasteiger partial charge in [-0.2, -0.15) is 0 Å². The maximum atomic E-state index is 12.6. The zero-order valence-corrected chi connectivity index (χ0v) is 13.0. The zero-order valence-electron chi connectivity index (χ0n) is 13.0. The highest BCUT2D eigenvalue weighted by Crippen LogP contribution is 2.22. The summed E-state index contributed by atoms with van der Waals surface area (Å²) < 4.78 is 5.75. The molecule has 0 radical (unpaired) electrons. The summed E-state index contributed by atoms with van der Waals surface area (Å²) in [6, 6.07) is 10.4. The van der Waals surface area contributed by atoms with Crippen molar-refractivity contribution >= 4 is 11.6 Å². The summed E-state index contributed by atoms with van der Waals surface area (Å²) >= 11 is 0. The summed E-state index contributed by atoms with van der Waals surface area (Å²) in [5.74, 6) is 0.144. The maximum absolute atomic E-state index is 12.6. The van der Waals surface area contributed by atoms with E-state index in [0.29, 0.717) is 6.54 Å². The van der Waals surface area contributed by atoms with Crippen LogP contribution in [0.15, 0.2) is 30.3 Å². The largest absolute Gasteiger partial charge is 0.370 e. The Kier molecular flexibility index (Phi) is 4.95. The molecular formula is C17H25N3O2. The molecule has 2 saturated heterocycles. The van der Waals surface area contributed by atoms with Crippen molar-refractivity contribution in [2.24, 2.45) is 5.73 Å². The van der Waals surface area contributed by atoms with E-state index < -0.39 is 0 Å². The number of ether oxygens (including phenoxy) is 1. The van der Waals surface area contributed by atoms with Crippen LogP contribution in [0.5, 0.6) is 0 Å². The second-order valence-electron chi connectivity index (χ2n) is 6.06. The normalized spacial score (nSPS) is 26.0. The van der Waals surface area contributed by atoms with Crippen molar-refractivity contribution in [2.45, 2.75) is 31.5 Å². The number of rotatable bonds is 3. The number of benzene rings is 1. The van der Waals surface area contributed by atoms with Crippen LogP contribution in [0.1, 0.15) is 19.3 Å². The summed E-state index contributed by atoms with van der Waals surface area (Å²) in [5, 5.41) is 0. The van der Waals surface area contributed by atoms with Gasteiger partial charge in [-0.25, -0.2) is 0 Å². The van der Waals surface area contributed by atoms with Crippen LogP contribution in [0.25, 0.3) is 0 Å². The van der Waals surface area contributed by atoms with Crippen LogP contribution < -0.4 is 10.6 Å². The van der Waals surface area contributed by atoms with E-state index >= 15 is 0 Å². The molecule has 1 amide bonds. The number of hydrogen-bond acceptors (Lipinski definition) is 4. The third-order valence-corrected chi connectivity index (χ3v) is 4.57. The molecule has 1 aromatic rings. The second-order valence-corrected chi connectivity index (χ2v) is 6.06. The summed E-state index contributed by atoms with van der Waals surface area (Å²) in [7, 11) is 0. The number of hydrogen-bond donors (Lipinski definition) is 1. The monoisotopic (exact) mass is 303 g/mol. The molecule has 0 unspecified atom stereocenters. The first-order chi connectivity index (χ1) is 10.8. The standard InChI is InChI=1S/C17H25N3O2/c18-13-15-7-8-16(22-15)17(21)20-10-4-9-19(11-12-20)14-5-2-1-3-6-14/h1-3,5-6,15-16H,4,7-13,18H2/t15-,16+/m1/s1. The lowest BCUT2D eigenvalue weighted by atomic mass is 10.2. The maximum Gasteiger partial charge on any atom is 0.251 e. The molecule has 3 rings (SSSR count). The van der Waals surface area contributed by atoms with Gasteiger partial charge in [-0.1, -0.05) is 18.2 Å². The molecule has 2 N–H and O–H groups in total. The van der Waals surface area contributed by atoms with Gasteiger partial charge < -0.3 is 20.3 Å². The van der Waals surface area contributed by atoms with Crippen molar-refractivity contribution in [3.05, 3.63) is 30.3 Å². The molecule has 2 aliphatic heterocycles. The van der Waals surface area contributed by atoms with Gasteiger partial charge in [0.05, 0.1) is 6.10 Å². The second kappa shape index (κ2) is 7.11. The molecule has 2 heterocycles. The van der Waals surface area contributed by atoms with Gasteiger partial charge in [0.1, 0.15) is 6.10 Å². The van der Waals surface area contributed by atoms with Crippen LogP contribution in [-0.4, -0.2) is 55.7 Å². The lowest BCUT2D eigenvalue weighted by Crippen LogP contribution is -2.41. The van der Waals surface area contributed by atoms with Gasteiger partial charge in [-0.3, -0.25) is 4.79 Å². The van der Waals surface area contributed by atoms with Gasteiger partial charge >= 0.3 is 0 Å². The van der Waals surface area contributed by atoms with Crippen molar-refractivity contribution in [2.75, 3.05) is 37.6 Å². The van der Waals surface area contributed by atoms with E-state index in [4.69, 9.17) is 10.5 Å². The van der Waals surface area contributed by atoms with E-state index in [1.807, 2.05) is 11.0 Å². The van der Waals surface area contributed by atoms with Crippen molar-refractivity contribution in [1.82, 2.24) is 4.90 Å². The van der Waals surface area contributed by atoms with Gasteiger partial charge in [0.15, 0.2) is 0 Å². The fourth-order valence-electron chi connectivity index (χ4n) is 3.30. The predicted molar refractivity (Wildman–Crippen MR) is 86.8 cm³/mol. The Morgan fingerprint density at radius 3 is 2.68 bits per heavy atom. The number of nitrogens with zero attached hydrogens (tertiary/aromatic N) is 2. The fourth-order valence-corrected chi connectivity index (χ4v) is 3.30. The topological polar surface area (TPSA) is 58.8 Å². The highest BCUT2D eigenvalue weighted by Gasteiger charge is 2.33. The third kappa shape index (κ3) is 3.42. The SMILES string of the molecule is NC[C@H]1CC[C@@H](C(=O)N2CCCN(c3ccccc3)CC2)O1. The Bertz CT molecular complexity index is 494. The lowest BCUT2D eigenvalue weighted by molar-refractivity contribution is -0.142. The predicted octanol–water partition coefficient (Wildman–Crippen LogP) is 1.23. The first-order valence-electron chi connectivity index (χ1n) is 8.22. The van der Waals surface area contributed by atoms with Crippen LogP contribution >= 0.6 is 0 Å². The number of carbonyl (C=O) groups is 1. The molecule has 2 fully saturated rings. The highest BCUT2D eigenvalue weighted by molar-refractivity contribution is 5.81. The average Bonchev–Trinajstić information content (AvgIpc) is 2.92. The van der Waals surface area contributed by atoms with Gasteiger partial charge in [-0.05, 0) is 31.4 Å². The van der Waals surface area contributed by atoms with Gasteiger partial charge in [0, 0.05) is 38.4 Å². The molecular weight excluding hydrogens is 278 g/mol. The Hall–Kier alpha value is -1.59. The summed E-state index contributed by atoms with van der Waals surface area (Å²) in [5.41, 5.74) is 6.86. The van der Waals surface area contributed by atoms with E-state index in [0.717, 1.165) is 45.4 Å². The van der Waals surface area contributed by atoms with Gasteiger partial charge in [0.25, 0.3) is 5.91 Å². The van der Waals surface area contributed by atoms with Crippen LogP contribution in [0.3, 0.4) is 0 Å². The molecule has 5 nitrogen and oxygen atoms in total. The summed E-state index contributed by atoms with van der Waals surface area (Å²) in [6.07, 6.45) is 2.48.